The standard InChI is InChI=1S/C20H15N3OS2/c24-19(17-13-26-20(23-17)15-5-2-1-3-6-15)22-11-14-9-16(12-21-10-14)18-7-4-8-25-18/h1-10,12-13H,11H2,(H,22,24). The maximum atomic E-state index is 12.4. The molecule has 4 aromatic rings. The highest BCUT2D eigenvalue weighted by Crippen LogP contribution is 2.25. The van der Waals surface area contributed by atoms with Gasteiger partial charge in [-0.15, -0.1) is 22.7 Å². The lowest BCUT2D eigenvalue weighted by molar-refractivity contribution is 0.0946. The second-order valence-corrected chi connectivity index (χ2v) is 7.45. The fourth-order valence-electron chi connectivity index (χ4n) is 2.53. The lowest BCUT2D eigenvalue weighted by Gasteiger charge is -2.05. The Morgan fingerprint density at radius 1 is 1.00 bits per heavy atom. The molecular weight excluding hydrogens is 362 g/mol. The van der Waals surface area contributed by atoms with Crippen molar-refractivity contribution in [3.63, 3.8) is 0 Å². The SMILES string of the molecule is O=C(NCc1cncc(-c2cccs2)c1)c1csc(-c2ccccc2)n1. The fraction of sp³-hybridized carbons (Fsp3) is 0.0500. The number of rotatable bonds is 5. The van der Waals surface area contributed by atoms with E-state index in [2.05, 4.69) is 27.4 Å². The summed E-state index contributed by atoms with van der Waals surface area (Å²) in [5.74, 6) is -0.176. The van der Waals surface area contributed by atoms with Crippen LogP contribution in [0.5, 0.6) is 0 Å². The number of benzene rings is 1. The van der Waals surface area contributed by atoms with Crippen LogP contribution in [0, 0.1) is 0 Å². The van der Waals surface area contributed by atoms with Crippen molar-refractivity contribution >= 4 is 28.6 Å². The molecule has 0 aliphatic heterocycles. The lowest BCUT2D eigenvalue weighted by Crippen LogP contribution is -2.23. The van der Waals surface area contributed by atoms with Crippen LogP contribution in [0.3, 0.4) is 0 Å². The normalized spacial score (nSPS) is 10.6. The summed E-state index contributed by atoms with van der Waals surface area (Å²) in [5, 5.41) is 7.59. The number of nitrogens with zero attached hydrogens (tertiary/aromatic N) is 2. The van der Waals surface area contributed by atoms with Gasteiger partial charge in [0.05, 0.1) is 0 Å². The summed E-state index contributed by atoms with van der Waals surface area (Å²) < 4.78 is 0. The third kappa shape index (κ3) is 3.71. The van der Waals surface area contributed by atoms with Crippen molar-refractivity contribution in [2.24, 2.45) is 0 Å². The number of hydrogen-bond acceptors (Lipinski definition) is 5. The van der Waals surface area contributed by atoms with Gasteiger partial charge in [0.15, 0.2) is 0 Å². The molecule has 0 atom stereocenters. The van der Waals surface area contributed by atoms with Crippen LogP contribution < -0.4 is 5.32 Å². The summed E-state index contributed by atoms with van der Waals surface area (Å²) >= 11 is 3.14. The third-order valence-corrected chi connectivity index (χ3v) is 5.62. The summed E-state index contributed by atoms with van der Waals surface area (Å²) in [6, 6.07) is 16.0. The van der Waals surface area contributed by atoms with Crippen molar-refractivity contribution in [2.75, 3.05) is 0 Å². The largest absolute Gasteiger partial charge is 0.347 e. The molecule has 0 saturated carbocycles. The van der Waals surface area contributed by atoms with Gasteiger partial charge in [-0.1, -0.05) is 36.4 Å². The van der Waals surface area contributed by atoms with E-state index in [0.29, 0.717) is 12.2 Å². The van der Waals surface area contributed by atoms with Gasteiger partial charge in [0.2, 0.25) is 0 Å². The van der Waals surface area contributed by atoms with Crippen molar-refractivity contribution in [2.45, 2.75) is 6.54 Å². The minimum Gasteiger partial charge on any atom is -0.347 e. The van der Waals surface area contributed by atoms with Crippen molar-refractivity contribution in [1.82, 2.24) is 15.3 Å². The highest BCUT2D eigenvalue weighted by molar-refractivity contribution is 7.13. The molecular formula is C20H15N3OS2. The topological polar surface area (TPSA) is 54.9 Å². The summed E-state index contributed by atoms with van der Waals surface area (Å²) in [4.78, 5) is 22.3. The number of thiophene rings is 1. The monoisotopic (exact) mass is 377 g/mol. The minimum atomic E-state index is -0.176. The van der Waals surface area contributed by atoms with Gasteiger partial charge in [-0.05, 0) is 23.1 Å². The maximum Gasteiger partial charge on any atom is 0.271 e. The molecule has 0 spiro atoms. The average Bonchev–Trinajstić information content (AvgIpc) is 3.39. The van der Waals surface area contributed by atoms with E-state index < -0.39 is 0 Å². The molecule has 1 aromatic carbocycles. The number of aromatic nitrogens is 2. The average molecular weight is 377 g/mol. The first-order chi connectivity index (χ1) is 12.8. The van der Waals surface area contributed by atoms with Crippen molar-refractivity contribution < 1.29 is 4.79 Å². The Bertz CT molecular complexity index is 1010. The van der Waals surface area contributed by atoms with E-state index in [9.17, 15) is 4.79 Å². The molecule has 4 rings (SSSR count). The third-order valence-electron chi connectivity index (χ3n) is 3.81. The predicted molar refractivity (Wildman–Crippen MR) is 106 cm³/mol. The predicted octanol–water partition coefficient (Wildman–Crippen LogP) is 4.86. The van der Waals surface area contributed by atoms with Crippen LogP contribution >= 0.6 is 22.7 Å². The summed E-state index contributed by atoms with van der Waals surface area (Å²) in [7, 11) is 0. The fourth-order valence-corrected chi connectivity index (χ4v) is 4.04. The van der Waals surface area contributed by atoms with Gasteiger partial charge in [0.1, 0.15) is 10.7 Å². The Morgan fingerprint density at radius 2 is 1.88 bits per heavy atom. The Hall–Kier alpha value is -2.83. The Kier molecular flexibility index (Phi) is 4.86. The zero-order chi connectivity index (χ0) is 17.8. The molecule has 0 fully saturated rings. The molecule has 0 saturated heterocycles. The van der Waals surface area contributed by atoms with Crippen LogP contribution in [0.1, 0.15) is 16.1 Å². The summed E-state index contributed by atoms with van der Waals surface area (Å²) in [5.41, 5.74) is 3.48. The quantitative estimate of drug-likeness (QED) is 0.540. The Morgan fingerprint density at radius 3 is 2.69 bits per heavy atom. The second kappa shape index (κ2) is 7.59. The van der Waals surface area contributed by atoms with Crippen LogP contribution in [-0.4, -0.2) is 15.9 Å². The van der Waals surface area contributed by atoms with Crippen molar-refractivity contribution in [3.05, 3.63) is 82.9 Å². The van der Waals surface area contributed by atoms with Gasteiger partial charge in [-0.2, -0.15) is 0 Å². The number of thiazole rings is 1. The first-order valence-electron chi connectivity index (χ1n) is 8.06. The summed E-state index contributed by atoms with van der Waals surface area (Å²) in [6.07, 6.45) is 3.61. The Balaban J connectivity index is 1.43. The second-order valence-electron chi connectivity index (χ2n) is 5.65. The van der Waals surface area contributed by atoms with Crippen LogP contribution in [0.2, 0.25) is 0 Å². The number of hydrogen-bond donors (Lipinski definition) is 1. The molecule has 4 nitrogen and oxygen atoms in total. The zero-order valence-electron chi connectivity index (χ0n) is 13.8. The van der Waals surface area contributed by atoms with E-state index in [0.717, 1.165) is 26.6 Å². The molecule has 0 radical (unpaired) electrons. The molecule has 1 amide bonds. The van der Waals surface area contributed by atoms with E-state index in [1.807, 2.05) is 48.0 Å². The maximum absolute atomic E-state index is 12.4. The molecule has 0 bridgehead atoms. The molecule has 128 valence electrons. The minimum absolute atomic E-state index is 0.176. The van der Waals surface area contributed by atoms with E-state index in [-0.39, 0.29) is 5.91 Å². The Labute approximate surface area is 159 Å². The smallest absolute Gasteiger partial charge is 0.271 e. The van der Waals surface area contributed by atoms with Gasteiger partial charge in [-0.3, -0.25) is 9.78 Å². The van der Waals surface area contributed by atoms with Crippen molar-refractivity contribution in [1.29, 1.82) is 0 Å². The van der Waals surface area contributed by atoms with E-state index in [1.54, 1.807) is 22.9 Å². The van der Waals surface area contributed by atoms with Crippen LogP contribution in [0.4, 0.5) is 0 Å². The number of nitrogens with one attached hydrogen (secondary N) is 1. The molecule has 6 heteroatoms. The zero-order valence-corrected chi connectivity index (χ0v) is 15.4. The van der Waals surface area contributed by atoms with Gasteiger partial charge in [0.25, 0.3) is 5.91 Å². The summed E-state index contributed by atoms with van der Waals surface area (Å²) in [6.45, 7) is 0.420. The molecule has 1 N–H and O–H groups in total. The molecule has 3 heterocycles. The van der Waals surface area contributed by atoms with Crippen LogP contribution in [0.25, 0.3) is 21.0 Å². The van der Waals surface area contributed by atoms with Crippen LogP contribution in [0.15, 0.2) is 71.7 Å². The molecule has 0 unspecified atom stereocenters. The van der Waals surface area contributed by atoms with E-state index in [4.69, 9.17) is 0 Å². The van der Waals surface area contributed by atoms with Gasteiger partial charge >= 0.3 is 0 Å². The lowest BCUT2D eigenvalue weighted by atomic mass is 10.2. The molecule has 3 aromatic heterocycles. The van der Waals surface area contributed by atoms with E-state index >= 15 is 0 Å². The highest BCUT2D eigenvalue weighted by atomic mass is 32.1. The van der Waals surface area contributed by atoms with Crippen LogP contribution in [-0.2, 0) is 6.54 Å². The number of pyridine rings is 1. The van der Waals surface area contributed by atoms with Gasteiger partial charge in [0, 0.05) is 40.3 Å². The van der Waals surface area contributed by atoms with Crippen molar-refractivity contribution in [3.8, 4) is 21.0 Å². The molecule has 0 aliphatic carbocycles. The number of carbonyl (C=O) groups excluding carboxylic acids is 1. The first-order valence-corrected chi connectivity index (χ1v) is 9.82. The molecule has 0 aliphatic rings. The number of amides is 1. The van der Waals surface area contributed by atoms with Gasteiger partial charge in [-0.25, -0.2) is 4.98 Å². The van der Waals surface area contributed by atoms with Gasteiger partial charge < -0.3 is 5.32 Å². The number of carbonyl (C=O) groups is 1. The highest BCUT2D eigenvalue weighted by Gasteiger charge is 2.12. The first kappa shape index (κ1) is 16.6. The molecule has 26 heavy (non-hydrogen) atoms. The van der Waals surface area contributed by atoms with E-state index in [1.165, 1.54) is 11.3 Å².